The van der Waals surface area contributed by atoms with Crippen LogP contribution in [0.25, 0.3) is 0 Å². The first-order chi connectivity index (χ1) is 12.2. The van der Waals surface area contributed by atoms with Crippen LogP contribution >= 0.6 is 0 Å². The van der Waals surface area contributed by atoms with Gasteiger partial charge in [-0.1, -0.05) is 6.92 Å². The van der Waals surface area contributed by atoms with Crippen LogP contribution in [0.4, 0.5) is 5.95 Å². The van der Waals surface area contributed by atoms with Crippen molar-refractivity contribution in [3.8, 4) is 17.9 Å². The molecular weight excluding hydrogens is 322 g/mol. The number of aromatic nitrogens is 5. The van der Waals surface area contributed by atoms with Crippen molar-refractivity contribution in [2.45, 2.75) is 20.3 Å². The molecule has 1 fully saturated rings. The summed E-state index contributed by atoms with van der Waals surface area (Å²) in [6, 6.07) is 2.04. The van der Waals surface area contributed by atoms with Gasteiger partial charge in [0.2, 0.25) is 11.8 Å². The van der Waals surface area contributed by atoms with Gasteiger partial charge in [0, 0.05) is 44.9 Å². The highest BCUT2D eigenvalue weighted by Crippen LogP contribution is 2.19. The Hall–Kier alpha value is -2.55. The second kappa shape index (κ2) is 8.02. The van der Waals surface area contributed by atoms with E-state index in [0.717, 1.165) is 26.2 Å². The molecule has 3 rings (SSSR count). The minimum atomic E-state index is 0.156. The first-order valence-corrected chi connectivity index (χ1v) is 8.50. The Morgan fingerprint density at radius 2 is 1.80 bits per heavy atom. The van der Waals surface area contributed by atoms with Crippen molar-refractivity contribution in [1.29, 1.82) is 0 Å². The van der Waals surface area contributed by atoms with Gasteiger partial charge in [0.15, 0.2) is 0 Å². The zero-order valence-electron chi connectivity index (χ0n) is 14.8. The molecule has 0 aromatic carbocycles. The van der Waals surface area contributed by atoms with Gasteiger partial charge in [-0.05, 0) is 14.0 Å². The Morgan fingerprint density at radius 1 is 1.00 bits per heavy atom. The Labute approximate surface area is 147 Å². The van der Waals surface area contributed by atoms with E-state index in [1.165, 1.54) is 0 Å². The molecule has 2 aromatic rings. The normalized spacial score (nSPS) is 15.2. The predicted octanol–water partition coefficient (Wildman–Crippen LogP) is 1.17. The van der Waals surface area contributed by atoms with Crippen LogP contribution in [-0.4, -0.2) is 69.7 Å². The maximum atomic E-state index is 5.66. The molecule has 0 radical (unpaired) electrons. The number of rotatable bonds is 6. The van der Waals surface area contributed by atoms with Gasteiger partial charge in [-0.25, -0.2) is 4.98 Å². The number of aryl methyl sites for hydroxylation is 1. The van der Waals surface area contributed by atoms with Crippen molar-refractivity contribution >= 4 is 5.95 Å². The molecule has 9 nitrogen and oxygen atoms in total. The molecule has 0 spiro atoms. The lowest BCUT2D eigenvalue weighted by Gasteiger charge is -2.32. The van der Waals surface area contributed by atoms with Crippen molar-refractivity contribution in [1.82, 2.24) is 29.8 Å². The van der Waals surface area contributed by atoms with E-state index in [9.17, 15) is 0 Å². The van der Waals surface area contributed by atoms with Crippen LogP contribution in [0.15, 0.2) is 12.3 Å². The highest BCUT2D eigenvalue weighted by atomic mass is 16.5. The number of nitrogens with zero attached hydrogens (tertiary/aromatic N) is 7. The summed E-state index contributed by atoms with van der Waals surface area (Å²) in [5.74, 6) is 1.77. The zero-order chi connectivity index (χ0) is 17.6. The van der Waals surface area contributed by atoms with E-state index < -0.39 is 0 Å². The first kappa shape index (κ1) is 17.3. The summed E-state index contributed by atoms with van der Waals surface area (Å²) in [4.78, 5) is 26.0. The standard InChI is InChI=1S/C16H23N7O2/c1-4-12-18-14(23-10-8-22(3)9-11-23)21-16(19-12)25-15-17-7-6-13(20-15)24-5-2/h6-7H,4-5,8-11H2,1-3H3. The fourth-order valence-corrected chi connectivity index (χ4v) is 2.42. The number of anilines is 1. The average Bonchev–Trinajstić information content (AvgIpc) is 2.62. The summed E-state index contributed by atoms with van der Waals surface area (Å²) in [6.45, 7) is 8.11. The molecule has 25 heavy (non-hydrogen) atoms. The van der Waals surface area contributed by atoms with E-state index in [4.69, 9.17) is 9.47 Å². The first-order valence-electron chi connectivity index (χ1n) is 8.50. The van der Waals surface area contributed by atoms with E-state index in [2.05, 4.69) is 41.8 Å². The quantitative estimate of drug-likeness (QED) is 0.765. The summed E-state index contributed by atoms with van der Waals surface area (Å²) >= 11 is 0. The zero-order valence-corrected chi connectivity index (χ0v) is 14.8. The third kappa shape index (κ3) is 4.50. The second-order valence-electron chi connectivity index (χ2n) is 5.69. The summed E-state index contributed by atoms with van der Waals surface area (Å²) in [6.07, 6.45) is 2.27. The monoisotopic (exact) mass is 345 g/mol. The number of hydrogen-bond donors (Lipinski definition) is 0. The highest BCUT2D eigenvalue weighted by Gasteiger charge is 2.19. The van der Waals surface area contributed by atoms with Crippen molar-refractivity contribution in [2.24, 2.45) is 0 Å². The van der Waals surface area contributed by atoms with Crippen LogP contribution in [0.3, 0.4) is 0 Å². The molecule has 1 aliphatic rings. The molecule has 2 aromatic heterocycles. The van der Waals surface area contributed by atoms with Crippen LogP contribution in [0.1, 0.15) is 19.7 Å². The maximum Gasteiger partial charge on any atom is 0.329 e. The fourth-order valence-electron chi connectivity index (χ4n) is 2.42. The molecule has 9 heteroatoms. The largest absolute Gasteiger partial charge is 0.478 e. The van der Waals surface area contributed by atoms with E-state index in [0.29, 0.717) is 30.7 Å². The summed E-state index contributed by atoms with van der Waals surface area (Å²) in [5, 5.41) is 0. The van der Waals surface area contributed by atoms with Gasteiger partial charge in [0.1, 0.15) is 5.82 Å². The van der Waals surface area contributed by atoms with Crippen LogP contribution in [0.5, 0.6) is 17.9 Å². The Balaban J connectivity index is 1.81. The van der Waals surface area contributed by atoms with Crippen molar-refractivity contribution in [3.05, 3.63) is 18.1 Å². The van der Waals surface area contributed by atoms with E-state index in [1.54, 1.807) is 12.3 Å². The van der Waals surface area contributed by atoms with Gasteiger partial charge in [-0.15, -0.1) is 0 Å². The van der Waals surface area contributed by atoms with Gasteiger partial charge in [-0.3, -0.25) is 0 Å². The Kier molecular flexibility index (Phi) is 5.54. The van der Waals surface area contributed by atoms with E-state index >= 15 is 0 Å². The molecule has 0 N–H and O–H groups in total. The van der Waals surface area contributed by atoms with Gasteiger partial charge in [0.05, 0.1) is 6.61 Å². The van der Waals surface area contributed by atoms with Gasteiger partial charge in [-0.2, -0.15) is 19.9 Å². The number of piperazine rings is 1. The van der Waals surface area contributed by atoms with Crippen LogP contribution in [-0.2, 0) is 6.42 Å². The molecule has 0 aliphatic carbocycles. The Morgan fingerprint density at radius 3 is 2.52 bits per heavy atom. The number of hydrogen-bond acceptors (Lipinski definition) is 9. The Bertz CT molecular complexity index is 705. The lowest BCUT2D eigenvalue weighted by Crippen LogP contribution is -2.45. The molecule has 1 aliphatic heterocycles. The maximum absolute atomic E-state index is 5.66. The summed E-state index contributed by atoms with van der Waals surface area (Å²) in [7, 11) is 2.11. The minimum Gasteiger partial charge on any atom is -0.478 e. The third-order valence-corrected chi connectivity index (χ3v) is 3.83. The summed E-state index contributed by atoms with van der Waals surface area (Å²) < 4.78 is 11.0. The van der Waals surface area contributed by atoms with Crippen molar-refractivity contribution in [2.75, 3.05) is 44.7 Å². The van der Waals surface area contributed by atoms with Gasteiger partial charge >= 0.3 is 12.0 Å². The number of likely N-dealkylation sites (N-methyl/N-ethyl adjacent to an activating group) is 1. The van der Waals surface area contributed by atoms with Gasteiger partial charge < -0.3 is 19.3 Å². The van der Waals surface area contributed by atoms with Gasteiger partial charge in [0.25, 0.3) is 0 Å². The fraction of sp³-hybridized carbons (Fsp3) is 0.562. The van der Waals surface area contributed by atoms with Crippen molar-refractivity contribution in [3.63, 3.8) is 0 Å². The van der Waals surface area contributed by atoms with Crippen LogP contribution in [0.2, 0.25) is 0 Å². The molecule has 134 valence electrons. The smallest absolute Gasteiger partial charge is 0.329 e. The average molecular weight is 345 g/mol. The molecule has 0 amide bonds. The molecule has 0 bridgehead atoms. The second-order valence-corrected chi connectivity index (χ2v) is 5.69. The molecule has 3 heterocycles. The number of ether oxygens (including phenoxy) is 2. The third-order valence-electron chi connectivity index (χ3n) is 3.83. The summed E-state index contributed by atoms with van der Waals surface area (Å²) in [5.41, 5.74) is 0. The van der Waals surface area contributed by atoms with Crippen molar-refractivity contribution < 1.29 is 9.47 Å². The predicted molar refractivity (Wildman–Crippen MR) is 92.2 cm³/mol. The van der Waals surface area contributed by atoms with E-state index in [1.807, 2.05) is 13.8 Å². The molecule has 0 atom stereocenters. The highest BCUT2D eigenvalue weighted by molar-refractivity contribution is 5.32. The lowest BCUT2D eigenvalue weighted by molar-refractivity contribution is 0.309. The SMILES string of the molecule is CCOc1ccnc(Oc2nc(CC)nc(N3CCN(C)CC3)n2)n1. The van der Waals surface area contributed by atoms with Crippen LogP contribution in [0, 0.1) is 0 Å². The minimum absolute atomic E-state index is 0.156. The molecule has 0 saturated carbocycles. The molecule has 1 saturated heterocycles. The van der Waals surface area contributed by atoms with Crippen LogP contribution < -0.4 is 14.4 Å². The topological polar surface area (TPSA) is 89.4 Å². The molecule has 0 unspecified atom stereocenters. The lowest BCUT2D eigenvalue weighted by atomic mass is 10.3. The molecular formula is C16H23N7O2. The van der Waals surface area contributed by atoms with E-state index in [-0.39, 0.29) is 12.0 Å².